The molecule has 1 saturated heterocycles. The molecule has 0 N–H and O–H groups in total. The van der Waals surface area contributed by atoms with Crippen molar-refractivity contribution in [3.8, 4) is 0 Å². The molecule has 20 heavy (non-hydrogen) atoms. The van der Waals surface area contributed by atoms with Crippen LogP contribution in [0.15, 0.2) is 15.1 Å². The number of nitrogens with zero attached hydrogens (tertiary/aromatic N) is 4. The molecule has 0 radical (unpaired) electrons. The van der Waals surface area contributed by atoms with Gasteiger partial charge in [0.1, 0.15) is 0 Å². The fourth-order valence-corrected chi connectivity index (χ4v) is 2.47. The quantitative estimate of drug-likeness (QED) is 0.829. The summed E-state index contributed by atoms with van der Waals surface area (Å²) < 4.78 is 10.0. The van der Waals surface area contributed by atoms with Crippen molar-refractivity contribution < 1.29 is 13.8 Å². The zero-order chi connectivity index (χ0) is 14.1. The predicted octanol–water partition coefficient (Wildman–Crippen LogP) is 1.69. The average molecular weight is 276 g/mol. The highest BCUT2D eigenvalue weighted by Gasteiger charge is 2.29. The summed E-state index contributed by atoms with van der Waals surface area (Å²) in [6, 6.07) is 1.66. The van der Waals surface area contributed by atoms with Crippen LogP contribution < -0.4 is 0 Å². The van der Waals surface area contributed by atoms with E-state index in [1.165, 1.54) is 0 Å². The van der Waals surface area contributed by atoms with Gasteiger partial charge in [0.15, 0.2) is 5.82 Å². The highest BCUT2D eigenvalue weighted by molar-refractivity contribution is 5.91. The molecule has 2 aromatic rings. The summed E-state index contributed by atoms with van der Waals surface area (Å²) in [4.78, 5) is 18.3. The van der Waals surface area contributed by atoms with Crippen LogP contribution >= 0.6 is 0 Å². The third-order valence-electron chi connectivity index (χ3n) is 3.46. The average Bonchev–Trinajstić information content (AvgIpc) is 3.07. The van der Waals surface area contributed by atoms with Crippen LogP contribution in [0.3, 0.4) is 0 Å². The summed E-state index contributed by atoms with van der Waals surface area (Å²) in [5.41, 5.74) is 0.704. The Kier molecular flexibility index (Phi) is 3.25. The molecule has 2 aromatic heterocycles. The van der Waals surface area contributed by atoms with Crippen molar-refractivity contribution >= 4 is 5.91 Å². The Labute approximate surface area is 115 Å². The minimum Gasteiger partial charge on any atom is -0.351 e. The number of carbonyl (C=O) groups is 1. The first-order valence-electron chi connectivity index (χ1n) is 6.66. The first-order valence-corrected chi connectivity index (χ1v) is 6.66. The zero-order valence-electron chi connectivity index (χ0n) is 11.5. The minimum absolute atomic E-state index is 0.120. The van der Waals surface area contributed by atoms with Crippen LogP contribution in [-0.2, 0) is 0 Å². The summed E-state index contributed by atoms with van der Waals surface area (Å²) in [7, 11) is 0. The highest BCUT2D eigenvalue weighted by Crippen LogP contribution is 2.25. The number of carbonyl (C=O) groups excluding carboxylic acids is 1. The van der Waals surface area contributed by atoms with Gasteiger partial charge in [0.2, 0.25) is 11.7 Å². The van der Waals surface area contributed by atoms with Crippen LogP contribution in [0.5, 0.6) is 0 Å². The zero-order valence-corrected chi connectivity index (χ0v) is 11.5. The van der Waals surface area contributed by atoms with E-state index in [1.807, 2.05) is 0 Å². The molecule has 0 unspecified atom stereocenters. The van der Waals surface area contributed by atoms with E-state index in [2.05, 4.69) is 15.3 Å². The van der Waals surface area contributed by atoms with Crippen LogP contribution in [0, 0.1) is 13.8 Å². The highest BCUT2D eigenvalue weighted by atomic mass is 16.5. The number of hydrogen-bond donors (Lipinski definition) is 0. The summed E-state index contributed by atoms with van der Waals surface area (Å²) in [5, 5.41) is 7.70. The van der Waals surface area contributed by atoms with Gasteiger partial charge in [-0.25, -0.2) is 0 Å². The molecule has 7 heteroatoms. The topological polar surface area (TPSA) is 85.3 Å². The Morgan fingerprint density at radius 3 is 2.85 bits per heavy atom. The monoisotopic (exact) mass is 276 g/mol. The molecule has 0 spiro atoms. The Morgan fingerprint density at radius 1 is 1.35 bits per heavy atom. The first kappa shape index (κ1) is 12.8. The van der Waals surface area contributed by atoms with E-state index in [1.54, 1.807) is 24.8 Å². The fourth-order valence-electron chi connectivity index (χ4n) is 2.47. The third kappa shape index (κ3) is 2.43. The molecule has 1 aliphatic heterocycles. The van der Waals surface area contributed by atoms with Gasteiger partial charge in [0.25, 0.3) is 5.91 Å². The lowest BCUT2D eigenvalue weighted by Crippen LogP contribution is -2.39. The molecule has 106 valence electrons. The SMILES string of the molecule is Cc1cc(C(=O)N2CCC[C@@H](c3noc(C)n3)C2)on1. The lowest BCUT2D eigenvalue weighted by atomic mass is 9.97. The molecule has 0 aliphatic carbocycles. The van der Waals surface area contributed by atoms with Gasteiger partial charge in [-0.1, -0.05) is 10.3 Å². The number of amides is 1. The van der Waals surface area contributed by atoms with Crippen molar-refractivity contribution in [1.82, 2.24) is 20.2 Å². The molecular weight excluding hydrogens is 260 g/mol. The van der Waals surface area contributed by atoms with Crippen LogP contribution in [0.1, 0.15) is 46.7 Å². The first-order chi connectivity index (χ1) is 9.63. The number of aromatic nitrogens is 3. The molecule has 7 nitrogen and oxygen atoms in total. The van der Waals surface area contributed by atoms with Gasteiger partial charge in [0.05, 0.1) is 5.69 Å². The van der Waals surface area contributed by atoms with Gasteiger partial charge in [-0.05, 0) is 19.8 Å². The molecule has 0 saturated carbocycles. The number of hydrogen-bond acceptors (Lipinski definition) is 6. The second kappa shape index (κ2) is 5.07. The fraction of sp³-hybridized carbons (Fsp3) is 0.538. The molecule has 3 heterocycles. The van der Waals surface area contributed by atoms with Crippen molar-refractivity contribution in [1.29, 1.82) is 0 Å². The summed E-state index contributed by atoms with van der Waals surface area (Å²) >= 11 is 0. The molecule has 0 aromatic carbocycles. The van der Waals surface area contributed by atoms with Gasteiger partial charge < -0.3 is 13.9 Å². The largest absolute Gasteiger partial charge is 0.351 e. The van der Waals surface area contributed by atoms with E-state index in [0.717, 1.165) is 12.8 Å². The Bertz CT molecular complexity index is 619. The van der Waals surface area contributed by atoms with Gasteiger partial charge in [-0.2, -0.15) is 4.98 Å². The Morgan fingerprint density at radius 2 is 2.20 bits per heavy atom. The normalized spacial score (nSPS) is 19.3. The Hall–Kier alpha value is -2.18. The van der Waals surface area contributed by atoms with Crippen molar-refractivity contribution in [3.63, 3.8) is 0 Å². The van der Waals surface area contributed by atoms with E-state index >= 15 is 0 Å². The van der Waals surface area contributed by atoms with Crippen LogP contribution in [-0.4, -0.2) is 39.2 Å². The van der Waals surface area contributed by atoms with Gasteiger partial charge >= 0.3 is 0 Å². The number of piperidine rings is 1. The predicted molar refractivity (Wildman–Crippen MR) is 68.2 cm³/mol. The van der Waals surface area contributed by atoms with Crippen molar-refractivity contribution in [2.45, 2.75) is 32.6 Å². The van der Waals surface area contributed by atoms with E-state index < -0.39 is 0 Å². The summed E-state index contributed by atoms with van der Waals surface area (Å²) in [5.74, 6) is 1.50. The van der Waals surface area contributed by atoms with E-state index in [9.17, 15) is 4.79 Å². The van der Waals surface area contributed by atoms with Crippen molar-refractivity contribution in [2.24, 2.45) is 0 Å². The van der Waals surface area contributed by atoms with Crippen LogP contribution in [0.25, 0.3) is 0 Å². The van der Waals surface area contributed by atoms with Gasteiger partial charge in [-0.3, -0.25) is 4.79 Å². The molecule has 0 bridgehead atoms. The maximum atomic E-state index is 12.3. The maximum absolute atomic E-state index is 12.3. The number of rotatable bonds is 2. The number of likely N-dealkylation sites (tertiary alicyclic amines) is 1. The molecule has 1 fully saturated rings. The lowest BCUT2D eigenvalue weighted by molar-refractivity contribution is 0.0661. The maximum Gasteiger partial charge on any atom is 0.292 e. The van der Waals surface area contributed by atoms with E-state index in [-0.39, 0.29) is 17.6 Å². The molecule has 1 amide bonds. The lowest BCUT2D eigenvalue weighted by Gasteiger charge is -2.30. The van der Waals surface area contributed by atoms with Crippen molar-refractivity contribution in [3.05, 3.63) is 29.2 Å². The van der Waals surface area contributed by atoms with Crippen LogP contribution in [0.4, 0.5) is 0 Å². The second-order valence-electron chi connectivity index (χ2n) is 5.09. The van der Waals surface area contributed by atoms with E-state index in [4.69, 9.17) is 9.05 Å². The standard InChI is InChI=1S/C13H16N4O3/c1-8-6-11(20-15-8)13(18)17-5-3-4-10(7-17)12-14-9(2)19-16-12/h6,10H,3-5,7H2,1-2H3/t10-/m1/s1. The summed E-state index contributed by atoms with van der Waals surface area (Å²) in [6.45, 7) is 4.85. The smallest absolute Gasteiger partial charge is 0.292 e. The Balaban J connectivity index is 1.73. The van der Waals surface area contributed by atoms with Gasteiger partial charge in [-0.15, -0.1) is 0 Å². The molecule has 3 rings (SSSR count). The summed E-state index contributed by atoms with van der Waals surface area (Å²) in [6.07, 6.45) is 1.87. The molecule has 1 aliphatic rings. The second-order valence-corrected chi connectivity index (χ2v) is 5.09. The van der Waals surface area contributed by atoms with Crippen molar-refractivity contribution in [2.75, 3.05) is 13.1 Å². The van der Waals surface area contributed by atoms with Crippen LogP contribution in [0.2, 0.25) is 0 Å². The molecular formula is C13H16N4O3. The minimum atomic E-state index is -0.129. The molecule has 1 atom stereocenters. The van der Waals surface area contributed by atoms with E-state index in [0.29, 0.717) is 30.5 Å². The third-order valence-corrected chi connectivity index (χ3v) is 3.46. The van der Waals surface area contributed by atoms with Gasteiger partial charge in [0, 0.05) is 32.0 Å². The number of aryl methyl sites for hydroxylation is 2.